The van der Waals surface area contributed by atoms with Gasteiger partial charge in [0.15, 0.2) is 17.4 Å². The van der Waals surface area contributed by atoms with Crippen LogP contribution in [0, 0.1) is 11.6 Å². The first-order chi connectivity index (χ1) is 10.1. The molecule has 114 valence electrons. The van der Waals surface area contributed by atoms with Gasteiger partial charge in [0, 0.05) is 38.0 Å². The summed E-state index contributed by atoms with van der Waals surface area (Å²) in [5, 5.41) is 3.20. The number of hydrogen-bond acceptors (Lipinski definition) is 3. The number of nitrogens with zero attached hydrogens (tertiary/aromatic N) is 1. The molecule has 6 heteroatoms. The van der Waals surface area contributed by atoms with Gasteiger partial charge >= 0.3 is 0 Å². The van der Waals surface area contributed by atoms with E-state index < -0.39 is 11.6 Å². The molecule has 1 heterocycles. The number of hydrogen-bond donors (Lipinski definition) is 1. The van der Waals surface area contributed by atoms with Gasteiger partial charge in [-0.2, -0.15) is 0 Å². The zero-order valence-electron chi connectivity index (χ0n) is 11.7. The molecule has 1 saturated heterocycles. The number of benzene rings is 1. The van der Waals surface area contributed by atoms with E-state index in [2.05, 4.69) is 5.32 Å². The quantitative estimate of drug-likeness (QED) is 0.861. The molecule has 1 aromatic rings. The van der Waals surface area contributed by atoms with Crippen molar-refractivity contribution < 1.29 is 18.4 Å². The van der Waals surface area contributed by atoms with Crippen LogP contribution in [0.5, 0.6) is 0 Å². The molecule has 0 bridgehead atoms. The van der Waals surface area contributed by atoms with Gasteiger partial charge in [0.2, 0.25) is 5.91 Å². The molecule has 1 aromatic carbocycles. The maximum Gasteiger partial charge on any atom is 0.223 e. The summed E-state index contributed by atoms with van der Waals surface area (Å²) in [6, 6.07) is 3.03. The second kappa shape index (κ2) is 7.26. The van der Waals surface area contributed by atoms with Crippen LogP contribution in [0.3, 0.4) is 0 Å². The summed E-state index contributed by atoms with van der Waals surface area (Å²) in [6.07, 6.45) is 0.995. The van der Waals surface area contributed by atoms with E-state index in [0.717, 1.165) is 31.6 Å². The minimum absolute atomic E-state index is 0.00777. The minimum atomic E-state index is -1.05. The topological polar surface area (TPSA) is 49.4 Å². The van der Waals surface area contributed by atoms with E-state index in [0.29, 0.717) is 13.1 Å². The Bertz CT molecular complexity index is 526. The number of carbonyl (C=O) groups excluding carboxylic acids is 2. The van der Waals surface area contributed by atoms with Crippen molar-refractivity contribution in [2.45, 2.75) is 19.3 Å². The number of Topliss-reactive ketones (excluding diaryl/α,β-unsaturated/α-hetero) is 1. The maximum atomic E-state index is 13.1. The lowest BCUT2D eigenvalue weighted by atomic mass is 10.1. The van der Waals surface area contributed by atoms with Crippen LogP contribution in [-0.2, 0) is 4.79 Å². The molecular formula is C15H18F2N2O2. The Hall–Kier alpha value is -1.82. The summed E-state index contributed by atoms with van der Waals surface area (Å²) in [7, 11) is 0. The van der Waals surface area contributed by atoms with Crippen LogP contribution in [-0.4, -0.2) is 42.8 Å². The number of nitrogens with one attached hydrogen (secondary N) is 1. The Morgan fingerprint density at radius 3 is 2.67 bits per heavy atom. The molecule has 0 saturated carbocycles. The van der Waals surface area contributed by atoms with Crippen molar-refractivity contribution in [3.63, 3.8) is 0 Å². The van der Waals surface area contributed by atoms with Crippen LogP contribution in [0.4, 0.5) is 8.78 Å². The van der Waals surface area contributed by atoms with Crippen molar-refractivity contribution in [2.75, 3.05) is 26.2 Å². The number of rotatable bonds is 4. The Labute approximate surface area is 122 Å². The summed E-state index contributed by atoms with van der Waals surface area (Å²) >= 11 is 0. The Kier molecular flexibility index (Phi) is 5.38. The minimum Gasteiger partial charge on any atom is -0.341 e. The van der Waals surface area contributed by atoms with Crippen molar-refractivity contribution in [2.24, 2.45) is 0 Å². The normalized spacial score (nSPS) is 15.6. The van der Waals surface area contributed by atoms with Gasteiger partial charge in [0.25, 0.3) is 0 Å². The first-order valence-electron chi connectivity index (χ1n) is 7.04. The third-order valence-corrected chi connectivity index (χ3v) is 3.50. The molecule has 0 radical (unpaired) electrons. The Balaban J connectivity index is 1.87. The molecule has 0 aromatic heterocycles. The van der Waals surface area contributed by atoms with E-state index in [1.54, 1.807) is 4.90 Å². The molecule has 4 nitrogen and oxygen atoms in total. The molecular weight excluding hydrogens is 278 g/mol. The lowest BCUT2D eigenvalue weighted by Crippen LogP contribution is -2.34. The fourth-order valence-corrected chi connectivity index (χ4v) is 2.29. The van der Waals surface area contributed by atoms with Crippen LogP contribution < -0.4 is 5.32 Å². The van der Waals surface area contributed by atoms with Gasteiger partial charge < -0.3 is 10.2 Å². The van der Waals surface area contributed by atoms with Gasteiger partial charge in [-0.25, -0.2) is 8.78 Å². The van der Waals surface area contributed by atoms with E-state index in [4.69, 9.17) is 0 Å². The molecule has 2 rings (SSSR count). The molecule has 1 aliphatic heterocycles. The molecule has 1 amide bonds. The van der Waals surface area contributed by atoms with Gasteiger partial charge in [-0.1, -0.05) is 0 Å². The van der Waals surface area contributed by atoms with Crippen molar-refractivity contribution in [3.05, 3.63) is 35.4 Å². The van der Waals surface area contributed by atoms with E-state index in [9.17, 15) is 18.4 Å². The summed E-state index contributed by atoms with van der Waals surface area (Å²) in [5.41, 5.74) is 0.0965. The largest absolute Gasteiger partial charge is 0.341 e. The highest BCUT2D eigenvalue weighted by Gasteiger charge is 2.17. The van der Waals surface area contributed by atoms with Crippen LogP contribution in [0.2, 0.25) is 0 Å². The fraction of sp³-hybridized carbons (Fsp3) is 0.467. The van der Waals surface area contributed by atoms with Gasteiger partial charge in [-0.15, -0.1) is 0 Å². The highest BCUT2D eigenvalue weighted by Crippen LogP contribution is 2.12. The second-order valence-corrected chi connectivity index (χ2v) is 5.04. The Morgan fingerprint density at radius 1 is 1.10 bits per heavy atom. The molecule has 1 N–H and O–H groups in total. The lowest BCUT2D eigenvalue weighted by Gasteiger charge is -2.19. The average molecular weight is 296 g/mol. The zero-order chi connectivity index (χ0) is 15.2. The summed E-state index contributed by atoms with van der Waals surface area (Å²) in [4.78, 5) is 25.6. The van der Waals surface area contributed by atoms with Gasteiger partial charge in [0.05, 0.1) is 0 Å². The van der Waals surface area contributed by atoms with E-state index >= 15 is 0 Å². The zero-order valence-corrected chi connectivity index (χ0v) is 11.7. The van der Waals surface area contributed by atoms with E-state index in [-0.39, 0.29) is 30.1 Å². The van der Waals surface area contributed by atoms with Gasteiger partial charge in [-0.3, -0.25) is 9.59 Å². The summed E-state index contributed by atoms with van der Waals surface area (Å²) in [6.45, 7) is 2.96. The predicted molar refractivity (Wildman–Crippen MR) is 74.0 cm³/mol. The number of amides is 1. The second-order valence-electron chi connectivity index (χ2n) is 5.04. The van der Waals surface area contributed by atoms with Crippen molar-refractivity contribution >= 4 is 11.7 Å². The highest BCUT2D eigenvalue weighted by molar-refractivity contribution is 5.97. The third-order valence-electron chi connectivity index (χ3n) is 3.50. The Morgan fingerprint density at radius 2 is 1.90 bits per heavy atom. The maximum absolute atomic E-state index is 13.1. The fourth-order valence-electron chi connectivity index (χ4n) is 2.29. The van der Waals surface area contributed by atoms with E-state index in [1.165, 1.54) is 6.07 Å². The number of carbonyl (C=O) groups is 2. The molecule has 0 atom stereocenters. The number of ketones is 1. The third kappa shape index (κ3) is 4.32. The smallest absolute Gasteiger partial charge is 0.223 e. The first kappa shape index (κ1) is 15.6. The van der Waals surface area contributed by atoms with Crippen LogP contribution in [0.25, 0.3) is 0 Å². The van der Waals surface area contributed by atoms with Crippen LogP contribution >= 0.6 is 0 Å². The van der Waals surface area contributed by atoms with E-state index in [1.807, 2.05) is 0 Å². The lowest BCUT2D eigenvalue weighted by molar-refractivity contribution is -0.130. The molecule has 1 aliphatic rings. The molecule has 21 heavy (non-hydrogen) atoms. The molecule has 0 aliphatic carbocycles. The average Bonchev–Trinajstić information content (AvgIpc) is 2.76. The van der Waals surface area contributed by atoms with Crippen molar-refractivity contribution in [1.29, 1.82) is 0 Å². The monoisotopic (exact) mass is 296 g/mol. The predicted octanol–water partition coefficient (Wildman–Crippen LogP) is 1.75. The molecule has 0 unspecified atom stereocenters. The SMILES string of the molecule is O=C(CCC(=O)N1CCCNCC1)c1ccc(F)c(F)c1. The van der Waals surface area contributed by atoms with Crippen LogP contribution in [0.15, 0.2) is 18.2 Å². The van der Waals surface area contributed by atoms with Crippen molar-refractivity contribution in [1.82, 2.24) is 10.2 Å². The van der Waals surface area contributed by atoms with Crippen LogP contribution in [0.1, 0.15) is 29.6 Å². The first-order valence-corrected chi connectivity index (χ1v) is 7.04. The molecule has 1 fully saturated rings. The summed E-state index contributed by atoms with van der Waals surface area (Å²) in [5.74, 6) is -2.46. The standard InChI is InChI=1S/C15H18F2N2O2/c16-12-3-2-11(10-13(12)17)14(20)4-5-15(21)19-8-1-6-18-7-9-19/h2-3,10,18H,1,4-9H2. The summed E-state index contributed by atoms with van der Waals surface area (Å²) < 4.78 is 25.9. The molecule has 0 spiro atoms. The van der Waals surface area contributed by atoms with Crippen molar-refractivity contribution in [3.8, 4) is 0 Å². The number of halogens is 2. The van der Waals surface area contributed by atoms with Gasteiger partial charge in [-0.05, 0) is 31.2 Å². The highest BCUT2D eigenvalue weighted by atomic mass is 19.2. The van der Waals surface area contributed by atoms with Gasteiger partial charge in [0.1, 0.15) is 0 Å².